The Kier molecular flexibility index (Phi) is 7.74. The SMILES string of the molecule is c1ccc(-c2nc(-c3ccccc3)nc(-c3ccc(-c4ccc(-c5cccc6c5nc(-c5ccccc5)c5ccc7oc8ccccc8c7c56)cc4)cc3)n2)cc1. The number of hydrogen-bond acceptors (Lipinski definition) is 5. The maximum Gasteiger partial charge on any atom is 0.164 e. The number of para-hydroxylation sites is 2. The van der Waals surface area contributed by atoms with Gasteiger partial charge in [0, 0.05) is 54.7 Å². The van der Waals surface area contributed by atoms with Gasteiger partial charge in [0.2, 0.25) is 0 Å². The van der Waals surface area contributed by atoms with Crippen molar-refractivity contribution in [3.8, 4) is 67.7 Å². The summed E-state index contributed by atoms with van der Waals surface area (Å²) in [5, 5.41) is 5.59. The van der Waals surface area contributed by atoms with Gasteiger partial charge in [-0.2, -0.15) is 0 Å². The second-order valence-corrected chi connectivity index (χ2v) is 14.2. The molecule has 0 saturated heterocycles. The van der Waals surface area contributed by atoms with E-state index < -0.39 is 0 Å². The van der Waals surface area contributed by atoms with Gasteiger partial charge in [-0.15, -0.1) is 0 Å². The topological polar surface area (TPSA) is 64.7 Å². The molecule has 0 radical (unpaired) electrons. The number of rotatable bonds is 6. The quantitative estimate of drug-likeness (QED) is 0.160. The molecule has 0 atom stereocenters. The average molecular weight is 729 g/mol. The van der Waals surface area contributed by atoms with Crippen molar-refractivity contribution in [2.75, 3.05) is 0 Å². The van der Waals surface area contributed by atoms with Crippen LogP contribution >= 0.6 is 0 Å². The smallest absolute Gasteiger partial charge is 0.164 e. The van der Waals surface area contributed by atoms with Crippen molar-refractivity contribution >= 4 is 43.6 Å². The first-order valence-electron chi connectivity index (χ1n) is 19.1. The molecule has 0 aliphatic heterocycles. The summed E-state index contributed by atoms with van der Waals surface area (Å²) in [5.41, 5.74) is 12.0. The van der Waals surface area contributed by atoms with Gasteiger partial charge in [0.1, 0.15) is 11.2 Å². The highest BCUT2D eigenvalue weighted by Crippen LogP contribution is 2.43. The van der Waals surface area contributed by atoms with E-state index in [9.17, 15) is 0 Å². The Morgan fingerprint density at radius 1 is 0.281 bits per heavy atom. The molecular weight excluding hydrogens is 697 g/mol. The molecule has 0 amide bonds. The summed E-state index contributed by atoms with van der Waals surface area (Å²) in [6.07, 6.45) is 0. The summed E-state index contributed by atoms with van der Waals surface area (Å²) in [6.45, 7) is 0. The molecule has 0 fully saturated rings. The summed E-state index contributed by atoms with van der Waals surface area (Å²) in [6, 6.07) is 66.9. The van der Waals surface area contributed by atoms with Crippen LogP contribution in [-0.4, -0.2) is 19.9 Å². The fourth-order valence-corrected chi connectivity index (χ4v) is 7.97. The third-order valence-electron chi connectivity index (χ3n) is 10.7. The fourth-order valence-electron chi connectivity index (χ4n) is 7.97. The second kappa shape index (κ2) is 13.5. The maximum absolute atomic E-state index is 6.37. The first kappa shape index (κ1) is 32.7. The highest BCUT2D eigenvalue weighted by molar-refractivity contribution is 6.29. The van der Waals surface area contributed by atoms with Crippen LogP contribution < -0.4 is 0 Å². The number of nitrogens with zero attached hydrogens (tertiary/aromatic N) is 4. The van der Waals surface area contributed by atoms with Gasteiger partial charge in [0.25, 0.3) is 0 Å². The molecule has 0 N–H and O–H groups in total. The number of furan rings is 1. The molecule has 0 aliphatic carbocycles. The molecule has 0 spiro atoms. The van der Waals surface area contributed by atoms with E-state index >= 15 is 0 Å². The van der Waals surface area contributed by atoms with E-state index in [-0.39, 0.29) is 0 Å². The molecule has 5 heteroatoms. The highest BCUT2D eigenvalue weighted by atomic mass is 16.3. The van der Waals surface area contributed by atoms with Gasteiger partial charge >= 0.3 is 0 Å². The molecule has 0 saturated carbocycles. The molecule has 57 heavy (non-hydrogen) atoms. The second-order valence-electron chi connectivity index (χ2n) is 14.2. The van der Waals surface area contributed by atoms with Crippen molar-refractivity contribution in [3.05, 3.63) is 194 Å². The molecule has 8 aromatic carbocycles. The summed E-state index contributed by atoms with van der Waals surface area (Å²) >= 11 is 0. The van der Waals surface area contributed by atoms with E-state index in [0.29, 0.717) is 17.5 Å². The van der Waals surface area contributed by atoms with Crippen LogP contribution in [-0.2, 0) is 0 Å². The molecule has 11 aromatic rings. The largest absolute Gasteiger partial charge is 0.456 e. The molecule has 3 heterocycles. The Morgan fingerprint density at radius 3 is 1.39 bits per heavy atom. The summed E-state index contributed by atoms with van der Waals surface area (Å²) < 4.78 is 6.37. The third kappa shape index (κ3) is 5.72. The van der Waals surface area contributed by atoms with Crippen molar-refractivity contribution in [2.45, 2.75) is 0 Å². The molecule has 0 bridgehead atoms. The Hall–Kier alpha value is -7.76. The minimum atomic E-state index is 0.635. The van der Waals surface area contributed by atoms with Crippen molar-refractivity contribution in [1.82, 2.24) is 19.9 Å². The zero-order valence-corrected chi connectivity index (χ0v) is 30.7. The summed E-state index contributed by atoms with van der Waals surface area (Å²) in [4.78, 5) is 20.1. The van der Waals surface area contributed by atoms with Gasteiger partial charge in [-0.25, -0.2) is 19.9 Å². The standard InChI is InChI=1S/C52H32N4O/c1-4-13-36(14-5-1)48-43-31-32-45-47(41-19-10-11-22-44(41)57-45)46(43)42-21-12-20-40(49(42)53-48)35-27-23-33(24-28-35)34-25-29-39(30-26-34)52-55-50(37-15-6-2-7-16-37)54-51(56-52)38-17-8-3-9-18-38/h1-32H. The molecule has 3 aromatic heterocycles. The van der Waals surface area contributed by atoms with Gasteiger partial charge in [0.05, 0.1) is 11.2 Å². The van der Waals surface area contributed by atoms with E-state index in [1.54, 1.807) is 0 Å². The summed E-state index contributed by atoms with van der Waals surface area (Å²) in [5.74, 6) is 1.93. The van der Waals surface area contributed by atoms with Crippen LogP contribution in [0.3, 0.4) is 0 Å². The van der Waals surface area contributed by atoms with Crippen LogP contribution in [0.1, 0.15) is 0 Å². The fraction of sp³-hybridized carbons (Fsp3) is 0. The van der Waals surface area contributed by atoms with Gasteiger partial charge in [-0.3, -0.25) is 0 Å². The molecule has 266 valence electrons. The summed E-state index contributed by atoms with van der Waals surface area (Å²) in [7, 11) is 0. The Morgan fingerprint density at radius 2 is 0.772 bits per heavy atom. The molecule has 11 rings (SSSR count). The normalized spacial score (nSPS) is 11.5. The Balaban J connectivity index is 0.995. The lowest BCUT2D eigenvalue weighted by atomic mass is 9.93. The van der Waals surface area contributed by atoms with Crippen LogP contribution in [0.15, 0.2) is 199 Å². The first-order chi connectivity index (χ1) is 28.2. The predicted octanol–water partition coefficient (Wildman–Crippen LogP) is 13.5. The number of fused-ring (bicyclic) bond motifs is 7. The van der Waals surface area contributed by atoms with Gasteiger partial charge < -0.3 is 4.42 Å². The van der Waals surface area contributed by atoms with Crippen molar-refractivity contribution < 1.29 is 4.42 Å². The highest BCUT2D eigenvalue weighted by Gasteiger charge is 2.19. The van der Waals surface area contributed by atoms with Gasteiger partial charge in [0.15, 0.2) is 17.5 Å². The lowest BCUT2D eigenvalue weighted by molar-refractivity contribution is 0.669. The zero-order chi connectivity index (χ0) is 37.7. The Labute approximate surface area is 328 Å². The first-order valence-corrected chi connectivity index (χ1v) is 19.1. The van der Waals surface area contributed by atoms with Crippen molar-refractivity contribution in [1.29, 1.82) is 0 Å². The lowest BCUT2D eigenvalue weighted by Gasteiger charge is -2.14. The zero-order valence-electron chi connectivity index (χ0n) is 30.7. The number of pyridine rings is 1. The van der Waals surface area contributed by atoms with E-state index in [0.717, 1.165) is 93.8 Å². The molecule has 0 unspecified atom stereocenters. The average Bonchev–Trinajstić information content (AvgIpc) is 3.68. The minimum absolute atomic E-state index is 0.635. The van der Waals surface area contributed by atoms with Crippen molar-refractivity contribution in [2.24, 2.45) is 0 Å². The van der Waals surface area contributed by atoms with Gasteiger partial charge in [-0.1, -0.05) is 176 Å². The number of aromatic nitrogens is 4. The molecule has 5 nitrogen and oxygen atoms in total. The molecular formula is C52H32N4O. The molecule has 0 aliphatic rings. The van der Waals surface area contributed by atoms with Crippen molar-refractivity contribution in [3.63, 3.8) is 0 Å². The number of benzene rings is 8. The monoisotopic (exact) mass is 728 g/mol. The van der Waals surface area contributed by atoms with E-state index in [4.69, 9.17) is 24.4 Å². The van der Waals surface area contributed by atoms with Crippen LogP contribution in [0.25, 0.3) is 111 Å². The maximum atomic E-state index is 6.37. The predicted molar refractivity (Wildman–Crippen MR) is 233 cm³/mol. The van der Waals surface area contributed by atoms with E-state index in [2.05, 4.69) is 115 Å². The number of hydrogen-bond donors (Lipinski definition) is 0. The van der Waals surface area contributed by atoms with Crippen LogP contribution in [0.2, 0.25) is 0 Å². The van der Waals surface area contributed by atoms with Crippen LogP contribution in [0.4, 0.5) is 0 Å². The third-order valence-corrected chi connectivity index (χ3v) is 10.7. The Bertz CT molecular complexity index is 3190. The van der Waals surface area contributed by atoms with E-state index in [1.807, 2.05) is 78.9 Å². The van der Waals surface area contributed by atoms with Gasteiger partial charge in [-0.05, 0) is 34.9 Å². The minimum Gasteiger partial charge on any atom is -0.456 e. The van der Waals surface area contributed by atoms with Crippen LogP contribution in [0, 0.1) is 0 Å². The van der Waals surface area contributed by atoms with E-state index in [1.165, 1.54) is 0 Å². The lowest BCUT2D eigenvalue weighted by Crippen LogP contribution is -2.00. The van der Waals surface area contributed by atoms with Crippen LogP contribution in [0.5, 0.6) is 0 Å².